The maximum absolute atomic E-state index is 13.2. The van der Waals surface area contributed by atoms with Gasteiger partial charge in [0.25, 0.3) is 11.5 Å². The van der Waals surface area contributed by atoms with Crippen LogP contribution in [0.25, 0.3) is 16.6 Å². The van der Waals surface area contributed by atoms with Crippen LogP contribution in [0.1, 0.15) is 12.5 Å². The van der Waals surface area contributed by atoms with E-state index >= 15 is 0 Å². The second kappa shape index (κ2) is 9.49. The molecule has 0 atom stereocenters. The molecular formula is C24H20N4O3S. The molecule has 2 N–H and O–H groups in total. The number of benzene rings is 3. The molecule has 7 nitrogen and oxygen atoms in total. The second-order valence-electron chi connectivity index (χ2n) is 6.96. The minimum atomic E-state index is -0.324. The largest absolute Gasteiger partial charge is 0.508 e. The molecular weight excluding hydrogens is 424 g/mol. The van der Waals surface area contributed by atoms with Crippen molar-refractivity contribution in [3.05, 3.63) is 94.8 Å². The lowest BCUT2D eigenvalue weighted by Gasteiger charge is -2.13. The van der Waals surface area contributed by atoms with E-state index in [2.05, 4.69) is 15.5 Å². The minimum Gasteiger partial charge on any atom is -0.508 e. The van der Waals surface area contributed by atoms with Crippen LogP contribution in [0.4, 0.5) is 0 Å². The maximum Gasteiger partial charge on any atom is 0.266 e. The number of hydrogen-bond donors (Lipinski definition) is 2. The Labute approximate surface area is 188 Å². The van der Waals surface area contributed by atoms with Gasteiger partial charge in [0, 0.05) is 0 Å². The molecule has 1 amide bonds. The zero-order valence-electron chi connectivity index (χ0n) is 17.2. The van der Waals surface area contributed by atoms with E-state index in [1.807, 2.05) is 36.4 Å². The van der Waals surface area contributed by atoms with E-state index < -0.39 is 0 Å². The van der Waals surface area contributed by atoms with Crippen LogP contribution < -0.4 is 11.0 Å². The number of aromatic nitrogens is 2. The number of amides is 1. The number of nitrogens with zero attached hydrogens (tertiary/aromatic N) is 3. The van der Waals surface area contributed by atoms with Gasteiger partial charge in [-0.3, -0.25) is 14.2 Å². The number of carbonyl (C=O) groups is 1. The van der Waals surface area contributed by atoms with Crippen LogP contribution in [0.5, 0.6) is 5.75 Å². The molecule has 3 aromatic carbocycles. The highest BCUT2D eigenvalue weighted by atomic mass is 32.2. The third-order valence-corrected chi connectivity index (χ3v) is 5.66. The van der Waals surface area contributed by atoms with Crippen molar-refractivity contribution in [3.8, 4) is 11.4 Å². The van der Waals surface area contributed by atoms with Gasteiger partial charge in [-0.05, 0) is 61.0 Å². The zero-order valence-corrected chi connectivity index (χ0v) is 18.0. The summed E-state index contributed by atoms with van der Waals surface area (Å²) in [6.45, 7) is 1.76. The lowest BCUT2D eigenvalue weighted by Crippen LogP contribution is -2.24. The van der Waals surface area contributed by atoms with Crippen LogP contribution in [0.15, 0.2) is 93.9 Å². The summed E-state index contributed by atoms with van der Waals surface area (Å²) in [6, 6.07) is 22.9. The summed E-state index contributed by atoms with van der Waals surface area (Å²) in [5.41, 5.74) is 4.98. The van der Waals surface area contributed by atoms with Gasteiger partial charge in [-0.25, -0.2) is 10.4 Å². The average molecular weight is 445 g/mol. The summed E-state index contributed by atoms with van der Waals surface area (Å²) >= 11 is 1.17. The Morgan fingerprint density at radius 3 is 2.47 bits per heavy atom. The minimum absolute atomic E-state index is 0.0317. The molecule has 4 aromatic rings. The molecule has 0 saturated heterocycles. The van der Waals surface area contributed by atoms with Crippen LogP contribution in [0.2, 0.25) is 0 Å². The average Bonchev–Trinajstić information content (AvgIpc) is 2.82. The third-order valence-electron chi connectivity index (χ3n) is 4.73. The molecule has 4 rings (SSSR count). The highest BCUT2D eigenvalue weighted by Gasteiger charge is 2.14. The number of phenolic OH excluding ortho intramolecular Hbond substituents is 1. The van der Waals surface area contributed by atoms with Crippen LogP contribution in [-0.2, 0) is 4.79 Å². The van der Waals surface area contributed by atoms with Gasteiger partial charge in [-0.2, -0.15) is 5.10 Å². The first kappa shape index (κ1) is 21.3. The van der Waals surface area contributed by atoms with E-state index in [9.17, 15) is 14.7 Å². The van der Waals surface area contributed by atoms with Crippen molar-refractivity contribution in [2.75, 3.05) is 5.75 Å². The predicted octanol–water partition coefficient (Wildman–Crippen LogP) is 3.72. The molecule has 0 radical (unpaired) electrons. The molecule has 0 bridgehead atoms. The number of fused-ring (bicyclic) bond motifs is 1. The van der Waals surface area contributed by atoms with Gasteiger partial charge in [-0.15, -0.1) is 0 Å². The number of carbonyl (C=O) groups excluding carboxylic acids is 1. The molecule has 0 fully saturated rings. The van der Waals surface area contributed by atoms with Gasteiger partial charge in [0.2, 0.25) is 0 Å². The van der Waals surface area contributed by atoms with Gasteiger partial charge >= 0.3 is 0 Å². The van der Waals surface area contributed by atoms with E-state index in [-0.39, 0.29) is 23.0 Å². The van der Waals surface area contributed by atoms with Gasteiger partial charge in [0.05, 0.1) is 28.1 Å². The summed E-state index contributed by atoms with van der Waals surface area (Å²) < 4.78 is 1.52. The molecule has 0 aliphatic carbocycles. The summed E-state index contributed by atoms with van der Waals surface area (Å²) in [7, 11) is 0. The van der Waals surface area contributed by atoms with Crippen molar-refractivity contribution in [2.45, 2.75) is 12.1 Å². The molecule has 0 spiro atoms. The third kappa shape index (κ3) is 4.70. The summed E-state index contributed by atoms with van der Waals surface area (Å²) in [5.74, 6) is -0.131. The fourth-order valence-corrected chi connectivity index (χ4v) is 3.89. The Bertz CT molecular complexity index is 1350. The molecule has 160 valence electrons. The molecule has 8 heteroatoms. The fraction of sp³-hybridized carbons (Fsp3) is 0.0833. The summed E-state index contributed by atoms with van der Waals surface area (Å²) in [4.78, 5) is 30.2. The predicted molar refractivity (Wildman–Crippen MR) is 127 cm³/mol. The molecule has 1 aromatic heterocycles. The van der Waals surface area contributed by atoms with Crippen molar-refractivity contribution >= 4 is 34.3 Å². The highest BCUT2D eigenvalue weighted by Crippen LogP contribution is 2.21. The molecule has 0 unspecified atom stereocenters. The van der Waals surface area contributed by atoms with E-state index in [1.165, 1.54) is 16.3 Å². The fourth-order valence-electron chi connectivity index (χ4n) is 3.09. The number of hydrogen-bond acceptors (Lipinski definition) is 6. The smallest absolute Gasteiger partial charge is 0.266 e. The van der Waals surface area contributed by atoms with E-state index in [0.29, 0.717) is 27.5 Å². The van der Waals surface area contributed by atoms with Crippen molar-refractivity contribution in [2.24, 2.45) is 5.10 Å². The first-order valence-corrected chi connectivity index (χ1v) is 10.8. The lowest BCUT2D eigenvalue weighted by atomic mass is 10.1. The van der Waals surface area contributed by atoms with E-state index in [0.717, 1.165) is 5.56 Å². The molecule has 0 aliphatic heterocycles. The van der Waals surface area contributed by atoms with Crippen LogP contribution in [0, 0.1) is 0 Å². The summed E-state index contributed by atoms with van der Waals surface area (Å²) in [5, 5.41) is 14.4. The Morgan fingerprint density at radius 2 is 1.72 bits per heavy atom. The normalized spacial score (nSPS) is 11.5. The van der Waals surface area contributed by atoms with E-state index in [4.69, 9.17) is 0 Å². The number of para-hydroxylation sites is 2. The monoisotopic (exact) mass is 444 g/mol. The van der Waals surface area contributed by atoms with Crippen molar-refractivity contribution in [3.63, 3.8) is 0 Å². The number of nitrogens with one attached hydrogen (secondary N) is 1. The molecule has 1 heterocycles. The Morgan fingerprint density at radius 1 is 1.03 bits per heavy atom. The first-order chi connectivity index (χ1) is 15.5. The molecule has 0 saturated carbocycles. The van der Waals surface area contributed by atoms with Crippen LogP contribution in [0.3, 0.4) is 0 Å². The Hall–Kier alpha value is -3.91. The van der Waals surface area contributed by atoms with Gasteiger partial charge < -0.3 is 5.11 Å². The highest BCUT2D eigenvalue weighted by molar-refractivity contribution is 7.99. The molecule has 32 heavy (non-hydrogen) atoms. The topological polar surface area (TPSA) is 96.6 Å². The second-order valence-corrected chi connectivity index (χ2v) is 7.90. The van der Waals surface area contributed by atoms with Crippen LogP contribution >= 0.6 is 11.8 Å². The summed E-state index contributed by atoms with van der Waals surface area (Å²) in [6.07, 6.45) is 0. The standard InChI is InChI=1S/C24H20N4O3S/c1-16(17-11-13-19(29)14-12-17)26-27-22(30)15-32-24-25-21-10-6-5-9-20(21)23(31)28(24)18-7-3-2-4-8-18/h2-14,29H,15H2,1H3,(H,27,30). The number of rotatable bonds is 6. The number of thioether (sulfide) groups is 1. The number of aromatic hydroxyl groups is 1. The Kier molecular flexibility index (Phi) is 6.32. The lowest BCUT2D eigenvalue weighted by molar-refractivity contribution is -0.118. The van der Waals surface area contributed by atoms with Gasteiger partial charge in [-0.1, -0.05) is 42.1 Å². The van der Waals surface area contributed by atoms with Gasteiger partial charge in [0.1, 0.15) is 5.75 Å². The van der Waals surface area contributed by atoms with Crippen LogP contribution in [-0.4, -0.2) is 32.0 Å². The quantitative estimate of drug-likeness (QED) is 0.204. The Balaban J connectivity index is 1.56. The maximum atomic E-state index is 13.2. The number of phenols is 1. The SMILES string of the molecule is CC(=NNC(=O)CSc1nc2ccccc2c(=O)n1-c1ccccc1)c1ccc(O)cc1. The van der Waals surface area contributed by atoms with Crippen molar-refractivity contribution in [1.82, 2.24) is 15.0 Å². The number of hydrazone groups is 1. The van der Waals surface area contributed by atoms with Crippen molar-refractivity contribution in [1.29, 1.82) is 0 Å². The zero-order chi connectivity index (χ0) is 22.5. The first-order valence-electron chi connectivity index (χ1n) is 9.85. The van der Waals surface area contributed by atoms with E-state index in [1.54, 1.807) is 49.4 Å². The van der Waals surface area contributed by atoms with Crippen molar-refractivity contribution < 1.29 is 9.90 Å². The molecule has 0 aliphatic rings. The van der Waals surface area contributed by atoms with Gasteiger partial charge in [0.15, 0.2) is 5.16 Å².